The molecule has 2 N–H and O–H groups in total. The minimum Gasteiger partial charge on any atom is -0.330 e. The molecule has 1 heterocycles. The lowest BCUT2D eigenvalue weighted by molar-refractivity contribution is 0.104. The van der Waals surface area contributed by atoms with E-state index in [1.807, 2.05) is 11.3 Å². The molecule has 1 aromatic rings. The van der Waals surface area contributed by atoms with Crippen molar-refractivity contribution in [3.8, 4) is 0 Å². The smallest absolute Gasteiger partial charge is 0.0327 e. The molecule has 0 radical (unpaired) electrons. The molecule has 1 aliphatic carbocycles. The largest absolute Gasteiger partial charge is 0.330 e. The van der Waals surface area contributed by atoms with Crippen molar-refractivity contribution < 1.29 is 0 Å². The molecule has 2 nitrogen and oxygen atoms in total. The first kappa shape index (κ1) is 13.1. The van der Waals surface area contributed by atoms with Crippen LogP contribution in [-0.4, -0.2) is 24.5 Å². The summed E-state index contributed by atoms with van der Waals surface area (Å²) in [6.45, 7) is 4.29. The van der Waals surface area contributed by atoms with E-state index < -0.39 is 0 Å². The Morgan fingerprint density at radius 2 is 2.29 bits per heavy atom. The third-order valence-electron chi connectivity index (χ3n) is 4.07. The quantitative estimate of drug-likeness (QED) is 0.892. The van der Waals surface area contributed by atoms with Crippen molar-refractivity contribution in [3.05, 3.63) is 22.4 Å². The zero-order chi connectivity index (χ0) is 12.3. The molecule has 3 unspecified atom stereocenters. The lowest BCUT2D eigenvalue weighted by Crippen LogP contribution is -2.44. The van der Waals surface area contributed by atoms with Crippen LogP contribution in [0.25, 0.3) is 0 Å². The van der Waals surface area contributed by atoms with Crippen LogP contribution in [0.1, 0.15) is 31.1 Å². The Morgan fingerprint density at radius 1 is 1.47 bits per heavy atom. The van der Waals surface area contributed by atoms with Gasteiger partial charge < -0.3 is 5.73 Å². The second-order valence-electron chi connectivity index (χ2n) is 5.48. The minimum absolute atomic E-state index is 0.672. The van der Waals surface area contributed by atoms with Crippen molar-refractivity contribution in [2.24, 2.45) is 17.6 Å². The van der Waals surface area contributed by atoms with Crippen LogP contribution < -0.4 is 5.73 Å². The van der Waals surface area contributed by atoms with E-state index in [-0.39, 0.29) is 0 Å². The highest BCUT2D eigenvalue weighted by atomic mass is 32.1. The normalized spacial score (nSPS) is 29.8. The summed E-state index contributed by atoms with van der Waals surface area (Å²) < 4.78 is 0. The first-order chi connectivity index (χ1) is 8.20. The average Bonchev–Trinajstić information content (AvgIpc) is 2.81. The van der Waals surface area contributed by atoms with Gasteiger partial charge in [0.1, 0.15) is 0 Å². The summed E-state index contributed by atoms with van der Waals surface area (Å²) in [5.41, 5.74) is 5.93. The van der Waals surface area contributed by atoms with Crippen molar-refractivity contribution in [2.45, 2.75) is 38.8 Å². The second-order valence-corrected chi connectivity index (χ2v) is 6.51. The Labute approximate surface area is 109 Å². The fraction of sp³-hybridized carbons (Fsp3) is 0.714. The maximum Gasteiger partial charge on any atom is 0.0327 e. The molecular weight excluding hydrogens is 228 g/mol. The molecule has 1 saturated carbocycles. The van der Waals surface area contributed by atoms with Gasteiger partial charge in [-0.15, -0.1) is 11.3 Å². The van der Waals surface area contributed by atoms with E-state index in [2.05, 4.69) is 36.4 Å². The van der Waals surface area contributed by atoms with Gasteiger partial charge in [0.2, 0.25) is 0 Å². The van der Waals surface area contributed by atoms with Crippen LogP contribution in [0, 0.1) is 11.8 Å². The summed E-state index contributed by atoms with van der Waals surface area (Å²) in [6, 6.07) is 5.04. The summed E-state index contributed by atoms with van der Waals surface area (Å²) in [5.74, 6) is 1.55. The first-order valence-corrected chi connectivity index (χ1v) is 7.51. The van der Waals surface area contributed by atoms with Gasteiger partial charge in [-0.1, -0.05) is 19.4 Å². The molecule has 1 aliphatic rings. The van der Waals surface area contributed by atoms with E-state index >= 15 is 0 Å². The van der Waals surface area contributed by atoms with Crippen molar-refractivity contribution in [1.82, 2.24) is 4.90 Å². The van der Waals surface area contributed by atoms with E-state index in [1.165, 1.54) is 24.1 Å². The molecule has 17 heavy (non-hydrogen) atoms. The Balaban J connectivity index is 1.97. The molecule has 1 aromatic heterocycles. The Hall–Kier alpha value is -0.380. The van der Waals surface area contributed by atoms with Crippen LogP contribution in [-0.2, 0) is 6.54 Å². The standard InChI is InChI=1S/C14H24N2S/c1-11-5-6-12(9-15)14(8-11)16(2)10-13-4-3-7-17-13/h3-4,7,11-12,14H,5-6,8-10,15H2,1-2H3. The third-order valence-corrected chi connectivity index (χ3v) is 4.93. The lowest BCUT2D eigenvalue weighted by Gasteiger charge is -2.40. The van der Waals surface area contributed by atoms with Crippen LogP contribution in [0.3, 0.4) is 0 Å². The molecule has 0 aliphatic heterocycles. The van der Waals surface area contributed by atoms with E-state index in [4.69, 9.17) is 5.73 Å². The third kappa shape index (κ3) is 3.30. The molecule has 2 rings (SSSR count). The van der Waals surface area contributed by atoms with Crippen LogP contribution in [0.5, 0.6) is 0 Å². The molecule has 1 fully saturated rings. The Bertz CT molecular complexity index is 323. The molecule has 0 spiro atoms. The van der Waals surface area contributed by atoms with Crippen LogP contribution in [0.2, 0.25) is 0 Å². The average molecular weight is 252 g/mol. The highest BCUT2D eigenvalue weighted by Gasteiger charge is 2.30. The van der Waals surface area contributed by atoms with Crippen LogP contribution in [0.4, 0.5) is 0 Å². The van der Waals surface area contributed by atoms with Gasteiger partial charge in [0, 0.05) is 17.5 Å². The van der Waals surface area contributed by atoms with E-state index in [0.29, 0.717) is 12.0 Å². The van der Waals surface area contributed by atoms with Gasteiger partial charge in [-0.05, 0) is 49.7 Å². The van der Waals surface area contributed by atoms with Crippen molar-refractivity contribution in [2.75, 3.05) is 13.6 Å². The molecule has 0 aromatic carbocycles. The predicted octanol–water partition coefficient (Wildman–Crippen LogP) is 2.94. The highest BCUT2D eigenvalue weighted by Crippen LogP contribution is 2.32. The first-order valence-electron chi connectivity index (χ1n) is 6.63. The van der Waals surface area contributed by atoms with Crippen LogP contribution in [0.15, 0.2) is 17.5 Å². The molecule has 3 heteroatoms. The summed E-state index contributed by atoms with van der Waals surface area (Å²) in [6.07, 6.45) is 3.96. The van der Waals surface area contributed by atoms with Gasteiger partial charge >= 0.3 is 0 Å². The monoisotopic (exact) mass is 252 g/mol. The summed E-state index contributed by atoms with van der Waals surface area (Å²) in [4.78, 5) is 3.97. The van der Waals surface area contributed by atoms with Crippen LogP contribution >= 0.6 is 11.3 Å². The van der Waals surface area contributed by atoms with Crippen molar-refractivity contribution in [1.29, 1.82) is 0 Å². The van der Waals surface area contributed by atoms with Gasteiger partial charge in [-0.3, -0.25) is 4.90 Å². The summed E-state index contributed by atoms with van der Waals surface area (Å²) in [5, 5.41) is 2.16. The number of hydrogen-bond acceptors (Lipinski definition) is 3. The fourth-order valence-electron chi connectivity index (χ4n) is 2.99. The number of rotatable bonds is 4. The number of nitrogens with zero attached hydrogens (tertiary/aromatic N) is 1. The second kappa shape index (κ2) is 5.98. The van der Waals surface area contributed by atoms with Crippen molar-refractivity contribution in [3.63, 3.8) is 0 Å². The molecule has 96 valence electrons. The van der Waals surface area contributed by atoms with E-state index in [9.17, 15) is 0 Å². The Kier molecular flexibility index (Phi) is 4.60. The van der Waals surface area contributed by atoms with Gasteiger partial charge in [0.25, 0.3) is 0 Å². The highest BCUT2D eigenvalue weighted by molar-refractivity contribution is 7.09. The molecular formula is C14H24N2S. The topological polar surface area (TPSA) is 29.3 Å². The maximum atomic E-state index is 5.93. The zero-order valence-corrected chi connectivity index (χ0v) is 11.7. The van der Waals surface area contributed by atoms with Gasteiger partial charge in [-0.25, -0.2) is 0 Å². The van der Waals surface area contributed by atoms with E-state index in [1.54, 1.807) is 0 Å². The molecule has 0 bridgehead atoms. The van der Waals surface area contributed by atoms with Crippen molar-refractivity contribution >= 4 is 11.3 Å². The number of hydrogen-bond donors (Lipinski definition) is 1. The van der Waals surface area contributed by atoms with Gasteiger partial charge in [0.15, 0.2) is 0 Å². The fourth-order valence-corrected chi connectivity index (χ4v) is 3.76. The molecule has 0 amide bonds. The number of nitrogens with two attached hydrogens (primary N) is 1. The lowest BCUT2D eigenvalue weighted by atomic mass is 9.78. The Morgan fingerprint density at radius 3 is 2.94 bits per heavy atom. The molecule has 0 saturated heterocycles. The maximum absolute atomic E-state index is 5.93. The minimum atomic E-state index is 0.672. The SMILES string of the molecule is CC1CCC(CN)C(N(C)Cc2cccs2)C1. The van der Waals surface area contributed by atoms with Gasteiger partial charge in [0.05, 0.1) is 0 Å². The van der Waals surface area contributed by atoms with E-state index in [0.717, 1.165) is 19.0 Å². The predicted molar refractivity (Wildman–Crippen MR) is 75.1 cm³/mol. The number of thiophene rings is 1. The van der Waals surface area contributed by atoms with Gasteiger partial charge in [-0.2, -0.15) is 0 Å². The molecule has 3 atom stereocenters. The summed E-state index contributed by atoms with van der Waals surface area (Å²) in [7, 11) is 2.26. The zero-order valence-electron chi connectivity index (χ0n) is 10.9. The summed E-state index contributed by atoms with van der Waals surface area (Å²) >= 11 is 1.85.